The van der Waals surface area contributed by atoms with Crippen LogP contribution in [-0.4, -0.2) is 24.9 Å². The van der Waals surface area contributed by atoms with Crippen molar-refractivity contribution in [3.63, 3.8) is 0 Å². The molecule has 1 atom stereocenters. The number of benzene rings is 1. The molecule has 0 aromatic heterocycles. The van der Waals surface area contributed by atoms with Crippen molar-refractivity contribution < 1.29 is 9.84 Å². The van der Waals surface area contributed by atoms with Gasteiger partial charge in [0, 0.05) is 12.6 Å². The molecule has 0 heterocycles. The lowest BCUT2D eigenvalue weighted by Crippen LogP contribution is -2.33. The molecule has 0 saturated carbocycles. The Balaban J connectivity index is 2.54. The lowest BCUT2D eigenvalue weighted by Gasteiger charge is -2.18. The largest absolute Gasteiger partial charge is 0.496 e. The first-order chi connectivity index (χ1) is 8.56. The van der Waals surface area contributed by atoms with Crippen LogP contribution in [0.1, 0.15) is 31.4 Å². The molecule has 0 spiro atoms. The smallest absolute Gasteiger partial charge is 0.121 e. The summed E-state index contributed by atoms with van der Waals surface area (Å²) in [5, 5.41) is 12.7. The van der Waals surface area contributed by atoms with Gasteiger partial charge in [-0.1, -0.05) is 26.0 Å². The standard InChI is InChI=1S/C15H25NO2/c1-11(2)7-14(10-17)16-9-13-5-6-15(18-4)12(3)8-13/h5-6,8,11,14,16-17H,7,9-10H2,1-4H3. The minimum absolute atomic E-state index is 0.174. The Morgan fingerprint density at radius 2 is 2.06 bits per heavy atom. The van der Waals surface area contributed by atoms with E-state index in [4.69, 9.17) is 4.74 Å². The molecule has 0 aliphatic carbocycles. The molecule has 0 fully saturated rings. The first kappa shape index (κ1) is 15.0. The van der Waals surface area contributed by atoms with Gasteiger partial charge in [-0.05, 0) is 36.5 Å². The summed E-state index contributed by atoms with van der Waals surface area (Å²) in [5.41, 5.74) is 2.36. The van der Waals surface area contributed by atoms with Gasteiger partial charge in [0.05, 0.1) is 13.7 Å². The van der Waals surface area contributed by atoms with E-state index in [2.05, 4.69) is 31.3 Å². The van der Waals surface area contributed by atoms with Gasteiger partial charge in [-0.2, -0.15) is 0 Å². The highest BCUT2D eigenvalue weighted by molar-refractivity contribution is 5.36. The second kappa shape index (κ2) is 7.39. The monoisotopic (exact) mass is 251 g/mol. The fourth-order valence-corrected chi connectivity index (χ4v) is 2.10. The summed E-state index contributed by atoms with van der Waals surface area (Å²) >= 11 is 0. The molecular formula is C15H25NO2. The van der Waals surface area contributed by atoms with Crippen LogP contribution in [0.4, 0.5) is 0 Å². The molecule has 1 unspecified atom stereocenters. The second-order valence-electron chi connectivity index (χ2n) is 5.19. The van der Waals surface area contributed by atoms with E-state index in [1.807, 2.05) is 13.0 Å². The van der Waals surface area contributed by atoms with Crippen molar-refractivity contribution in [3.8, 4) is 5.75 Å². The summed E-state index contributed by atoms with van der Waals surface area (Å²) in [5.74, 6) is 1.51. The van der Waals surface area contributed by atoms with Crippen molar-refractivity contribution in [2.24, 2.45) is 5.92 Å². The molecule has 1 aromatic carbocycles. The summed E-state index contributed by atoms with van der Waals surface area (Å²) in [4.78, 5) is 0. The van der Waals surface area contributed by atoms with Crippen molar-refractivity contribution in [2.45, 2.75) is 39.8 Å². The van der Waals surface area contributed by atoms with E-state index < -0.39 is 0 Å². The highest BCUT2D eigenvalue weighted by atomic mass is 16.5. The number of methoxy groups -OCH3 is 1. The van der Waals surface area contributed by atoms with E-state index in [-0.39, 0.29) is 12.6 Å². The molecule has 0 bridgehead atoms. The molecule has 1 aromatic rings. The van der Waals surface area contributed by atoms with Crippen LogP contribution in [-0.2, 0) is 6.54 Å². The van der Waals surface area contributed by atoms with Crippen LogP contribution >= 0.6 is 0 Å². The van der Waals surface area contributed by atoms with Gasteiger partial charge >= 0.3 is 0 Å². The number of ether oxygens (including phenoxy) is 1. The summed E-state index contributed by atoms with van der Waals surface area (Å²) in [7, 11) is 1.69. The third-order valence-electron chi connectivity index (χ3n) is 3.03. The third-order valence-corrected chi connectivity index (χ3v) is 3.03. The number of rotatable bonds is 7. The molecule has 3 nitrogen and oxygen atoms in total. The van der Waals surface area contributed by atoms with Crippen molar-refractivity contribution in [1.82, 2.24) is 5.32 Å². The number of aliphatic hydroxyl groups is 1. The molecule has 0 radical (unpaired) electrons. The van der Waals surface area contributed by atoms with Crippen LogP contribution in [0.25, 0.3) is 0 Å². The molecule has 3 heteroatoms. The SMILES string of the molecule is COc1ccc(CNC(CO)CC(C)C)cc1C. The van der Waals surface area contributed by atoms with E-state index in [1.54, 1.807) is 7.11 Å². The summed E-state index contributed by atoms with van der Waals surface area (Å²) in [6.45, 7) is 7.35. The quantitative estimate of drug-likeness (QED) is 0.782. The maximum absolute atomic E-state index is 9.31. The molecule has 18 heavy (non-hydrogen) atoms. The minimum atomic E-state index is 0.174. The van der Waals surface area contributed by atoms with Gasteiger partial charge < -0.3 is 15.2 Å². The lowest BCUT2D eigenvalue weighted by molar-refractivity contribution is 0.223. The lowest BCUT2D eigenvalue weighted by atomic mass is 10.0. The number of hydrogen-bond donors (Lipinski definition) is 2. The van der Waals surface area contributed by atoms with Crippen LogP contribution < -0.4 is 10.1 Å². The maximum Gasteiger partial charge on any atom is 0.121 e. The highest BCUT2D eigenvalue weighted by Gasteiger charge is 2.09. The van der Waals surface area contributed by atoms with E-state index in [1.165, 1.54) is 5.56 Å². The molecule has 0 amide bonds. The zero-order valence-corrected chi connectivity index (χ0v) is 11.9. The third kappa shape index (κ3) is 4.67. The van der Waals surface area contributed by atoms with Gasteiger partial charge in [0.25, 0.3) is 0 Å². The highest BCUT2D eigenvalue weighted by Crippen LogP contribution is 2.18. The molecule has 2 N–H and O–H groups in total. The predicted octanol–water partition coefficient (Wildman–Crippen LogP) is 2.50. The first-order valence-corrected chi connectivity index (χ1v) is 6.54. The maximum atomic E-state index is 9.31. The normalized spacial score (nSPS) is 12.8. The minimum Gasteiger partial charge on any atom is -0.496 e. The van der Waals surface area contributed by atoms with Gasteiger partial charge in [-0.15, -0.1) is 0 Å². The van der Waals surface area contributed by atoms with Gasteiger partial charge in [-0.25, -0.2) is 0 Å². The fourth-order valence-electron chi connectivity index (χ4n) is 2.10. The average Bonchev–Trinajstić information content (AvgIpc) is 2.34. The topological polar surface area (TPSA) is 41.5 Å². The number of aryl methyl sites for hydroxylation is 1. The van der Waals surface area contributed by atoms with Gasteiger partial charge in [0.2, 0.25) is 0 Å². The Morgan fingerprint density at radius 1 is 1.33 bits per heavy atom. The van der Waals surface area contributed by atoms with Crippen LogP contribution in [0.5, 0.6) is 5.75 Å². The van der Waals surface area contributed by atoms with E-state index >= 15 is 0 Å². The summed E-state index contributed by atoms with van der Waals surface area (Å²) < 4.78 is 5.24. The summed E-state index contributed by atoms with van der Waals surface area (Å²) in [6, 6.07) is 6.34. The second-order valence-corrected chi connectivity index (χ2v) is 5.19. The van der Waals surface area contributed by atoms with Gasteiger partial charge in [0.1, 0.15) is 5.75 Å². The Kier molecular flexibility index (Phi) is 6.16. The Hall–Kier alpha value is -1.06. The molecule has 1 rings (SSSR count). The fraction of sp³-hybridized carbons (Fsp3) is 0.600. The predicted molar refractivity (Wildman–Crippen MR) is 74.9 cm³/mol. The zero-order chi connectivity index (χ0) is 13.5. The molecular weight excluding hydrogens is 226 g/mol. The Bertz CT molecular complexity index is 364. The van der Waals surface area contributed by atoms with Crippen LogP contribution in [0.2, 0.25) is 0 Å². The van der Waals surface area contributed by atoms with Crippen molar-refractivity contribution in [1.29, 1.82) is 0 Å². The number of nitrogens with one attached hydrogen (secondary N) is 1. The van der Waals surface area contributed by atoms with Crippen molar-refractivity contribution in [3.05, 3.63) is 29.3 Å². The molecule has 102 valence electrons. The van der Waals surface area contributed by atoms with Crippen LogP contribution in [0, 0.1) is 12.8 Å². The first-order valence-electron chi connectivity index (χ1n) is 6.54. The Morgan fingerprint density at radius 3 is 2.56 bits per heavy atom. The number of aliphatic hydroxyl groups excluding tert-OH is 1. The molecule has 0 aliphatic heterocycles. The van der Waals surface area contributed by atoms with Crippen LogP contribution in [0.3, 0.4) is 0 Å². The Labute approximate surface area is 110 Å². The molecule has 0 saturated heterocycles. The number of hydrogen-bond acceptors (Lipinski definition) is 3. The van der Waals surface area contributed by atoms with Gasteiger partial charge in [0.15, 0.2) is 0 Å². The molecule has 0 aliphatic rings. The zero-order valence-electron chi connectivity index (χ0n) is 11.9. The van der Waals surface area contributed by atoms with Gasteiger partial charge in [-0.3, -0.25) is 0 Å². The summed E-state index contributed by atoms with van der Waals surface area (Å²) in [6.07, 6.45) is 0.992. The van der Waals surface area contributed by atoms with Crippen molar-refractivity contribution in [2.75, 3.05) is 13.7 Å². The van der Waals surface area contributed by atoms with E-state index in [0.29, 0.717) is 5.92 Å². The van der Waals surface area contributed by atoms with E-state index in [9.17, 15) is 5.11 Å². The average molecular weight is 251 g/mol. The van der Waals surface area contributed by atoms with Crippen molar-refractivity contribution >= 4 is 0 Å². The van der Waals surface area contributed by atoms with Crippen LogP contribution in [0.15, 0.2) is 18.2 Å². The van der Waals surface area contributed by atoms with E-state index in [0.717, 1.165) is 24.3 Å².